The van der Waals surface area contributed by atoms with Crippen molar-refractivity contribution in [1.82, 2.24) is 9.78 Å². The van der Waals surface area contributed by atoms with Crippen molar-refractivity contribution in [2.45, 2.75) is 13.8 Å². The largest absolute Gasteiger partial charge is 0.399 e. The van der Waals surface area contributed by atoms with E-state index in [2.05, 4.69) is 48.4 Å². The van der Waals surface area contributed by atoms with Crippen LogP contribution in [0.3, 0.4) is 0 Å². The van der Waals surface area contributed by atoms with Gasteiger partial charge in [-0.3, -0.25) is 0 Å². The van der Waals surface area contributed by atoms with Gasteiger partial charge in [0.1, 0.15) is 0 Å². The molecule has 3 nitrogen and oxygen atoms in total. The van der Waals surface area contributed by atoms with Crippen LogP contribution in [0.5, 0.6) is 0 Å². The lowest BCUT2D eigenvalue weighted by atomic mass is 10.1. The number of nitrogens with two attached hydrogens (primary N) is 1. The van der Waals surface area contributed by atoms with E-state index in [4.69, 9.17) is 5.73 Å². The zero-order valence-corrected chi connectivity index (χ0v) is 11.7. The van der Waals surface area contributed by atoms with Gasteiger partial charge in [-0.25, -0.2) is 4.68 Å². The molecular formula is C17H17N3. The maximum atomic E-state index is 5.88. The van der Waals surface area contributed by atoms with E-state index in [-0.39, 0.29) is 0 Å². The van der Waals surface area contributed by atoms with Crippen LogP contribution in [0, 0.1) is 13.8 Å². The minimum Gasteiger partial charge on any atom is -0.399 e. The fraction of sp³-hybridized carbons (Fsp3) is 0.118. The molecule has 1 aromatic heterocycles. The van der Waals surface area contributed by atoms with Gasteiger partial charge in [0.15, 0.2) is 0 Å². The van der Waals surface area contributed by atoms with Crippen molar-refractivity contribution in [1.29, 1.82) is 0 Å². The molecular weight excluding hydrogens is 246 g/mol. The van der Waals surface area contributed by atoms with Crippen LogP contribution in [0.1, 0.15) is 11.3 Å². The number of nitrogens with zero attached hydrogens (tertiary/aromatic N) is 2. The highest BCUT2D eigenvalue weighted by Crippen LogP contribution is 2.25. The molecule has 0 aliphatic rings. The van der Waals surface area contributed by atoms with Crippen molar-refractivity contribution >= 4 is 5.69 Å². The van der Waals surface area contributed by atoms with Gasteiger partial charge in [-0.2, -0.15) is 5.10 Å². The highest BCUT2D eigenvalue weighted by Gasteiger charge is 2.09. The lowest BCUT2D eigenvalue weighted by molar-refractivity contribution is 0.869. The highest BCUT2D eigenvalue weighted by molar-refractivity contribution is 5.66. The molecule has 0 spiro atoms. The van der Waals surface area contributed by atoms with Gasteiger partial charge in [-0.05, 0) is 44.2 Å². The monoisotopic (exact) mass is 263 g/mol. The average molecular weight is 263 g/mol. The van der Waals surface area contributed by atoms with Gasteiger partial charge in [-0.15, -0.1) is 0 Å². The standard InChI is InChI=1S/C17H17N3/c1-12-6-8-16(9-7-12)20-17(10-13(2)19-20)14-4-3-5-15(18)11-14/h3-11H,18H2,1-2H3. The van der Waals surface area contributed by atoms with Gasteiger partial charge >= 0.3 is 0 Å². The summed E-state index contributed by atoms with van der Waals surface area (Å²) in [5.74, 6) is 0. The van der Waals surface area contributed by atoms with Gasteiger partial charge < -0.3 is 5.73 Å². The van der Waals surface area contributed by atoms with E-state index in [1.165, 1.54) is 5.56 Å². The van der Waals surface area contributed by atoms with Crippen molar-refractivity contribution < 1.29 is 0 Å². The van der Waals surface area contributed by atoms with E-state index in [0.717, 1.165) is 28.3 Å². The number of benzene rings is 2. The first kappa shape index (κ1) is 12.5. The second-order valence-electron chi connectivity index (χ2n) is 5.04. The molecule has 20 heavy (non-hydrogen) atoms. The molecule has 0 radical (unpaired) electrons. The summed E-state index contributed by atoms with van der Waals surface area (Å²) in [5, 5.41) is 4.59. The Balaban J connectivity index is 2.15. The van der Waals surface area contributed by atoms with Gasteiger partial charge in [0, 0.05) is 11.3 Å². The molecule has 2 aromatic carbocycles. The molecule has 0 bridgehead atoms. The van der Waals surface area contributed by atoms with Crippen molar-refractivity contribution in [3.8, 4) is 16.9 Å². The number of rotatable bonds is 2. The predicted octanol–water partition coefficient (Wildman–Crippen LogP) is 3.74. The fourth-order valence-electron chi connectivity index (χ4n) is 2.29. The molecule has 0 aliphatic carbocycles. The second kappa shape index (κ2) is 4.85. The number of hydrogen-bond acceptors (Lipinski definition) is 2. The first-order valence-corrected chi connectivity index (χ1v) is 6.63. The van der Waals surface area contributed by atoms with E-state index in [1.54, 1.807) is 0 Å². The molecule has 3 heteroatoms. The Morgan fingerprint density at radius 3 is 2.40 bits per heavy atom. The predicted molar refractivity (Wildman–Crippen MR) is 82.9 cm³/mol. The molecule has 3 rings (SSSR count). The Kier molecular flexibility index (Phi) is 3.03. The topological polar surface area (TPSA) is 43.8 Å². The Morgan fingerprint density at radius 2 is 1.70 bits per heavy atom. The summed E-state index contributed by atoms with van der Waals surface area (Å²) < 4.78 is 1.96. The normalized spacial score (nSPS) is 10.7. The summed E-state index contributed by atoms with van der Waals surface area (Å²) in [6, 6.07) is 18.3. The first-order valence-electron chi connectivity index (χ1n) is 6.63. The lowest BCUT2D eigenvalue weighted by Crippen LogP contribution is -1.99. The molecule has 3 aromatic rings. The molecule has 100 valence electrons. The smallest absolute Gasteiger partial charge is 0.0744 e. The molecule has 0 fully saturated rings. The third-order valence-corrected chi connectivity index (χ3v) is 3.29. The van der Waals surface area contributed by atoms with Crippen LogP contribution in [-0.2, 0) is 0 Å². The quantitative estimate of drug-likeness (QED) is 0.716. The molecule has 0 amide bonds. The van der Waals surface area contributed by atoms with E-state index in [0.29, 0.717) is 0 Å². The molecule has 0 atom stereocenters. The van der Waals surface area contributed by atoms with E-state index in [9.17, 15) is 0 Å². The molecule has 0 saturated carbocycles. The van der Waals surface area contributed by atoms with Crippen LogP contribution in [0.15, 0.2) is 54.6 Å². The van der Waals surface area contributed by atoms with Gasteiger partial charge in [0.2, 0.25) is 0 Å². The average Bonchev–Trinajstić information content (AvgIpc) is 2.82. The van der Waals surface area contributed by atoms with Crippen molar-refractivity contribution in [2.75, 3.05) is 5.73 Å². The third kappa shape index (κ3) is 2.30. The summed E-state index contributed by atoms with van der Waals surface area (Å²) in [7, 11) is 0. The number of nitrogen functional groups attached to an aromatic ring is 1. The van der Waals surface area contributed by atoms with Crippen LogP contribution in [0.2, 0.25) is 0 Å². The Hall–Kier alpha value is -2.55. The molecule has 0 unspecified atom stereocenters. The van der Waals surface area contributed by atoms with Gasteiger partial charge in [0.25, 0.3) is 0 Å². The Bertz CT molecular complexity index is 739. The summed E-state index contributed by atoms with van der Waals surface area (Å²) in [5.41, 5.74) is 12.1. The van der Waals surface area contributed by atoms with Crippen LogP contribution >= 0.6 is 0 Å². The zero-order chi connectivity index (χ0) is 14.1. The van der Waals surface area contributed by atoms with Crippen molar-refractivity contribution in [3.05, 3.63) is 65.9 Å². The van der Waals surface area contributed by atoms with Crippen LogP contribution in [0.25, 0.3) is 16.9 Å². The maximum Gasteiger partial charge on any atom is 0.0744 e. The summed E-state index contributed by atoms with van der Waals surface area (Å²) in [6.07, 6.45) is 0. The van der Waals surface area contributed by atoms with Gasteiger partial charge in [0.05, 0.1) is 17.1 Å². The van der Waals surface area contributed by atoms with E-state index >= 15 is 0 Å². The molecule has 0 saturated heterocycles. The van der Waals surface area contributed by atoms with Crippen molar-refractivity contribution in [3.63, 3.8) is 0 Å². The number of aryl methyl sites for hydroxylation is 2. The van der Waals surface area contributed by atoms with E-state index in [1.807, 2.05) is 29.8 Å². The number of anilines is 1. The summed E-state index contributed by atoms with van der Waals surface area (Å²) in [6.45, 7) is 4.08. The minimum atomic E-state index is 0.761. The number of hydrogen-bond donors (Lipinski definition) is 1. The minimum absolute atomic E-state index is 0.761. The second-order valence-corrected chi connectivity index (χ2v) is 5.04. The summed E-state index contributed by atoms with van der Waals surface area (Å²) in [4.78, 5) is 0. The molecule has 0 aliphatic heterocycles. The maximum absolute atomic E-state index is 5.88. The Morgan fingerprint density at radius 1 is 0.950 bits per heavy atom. The highest BCUT2D eigenvalue weighted by atomic mass is 15.3. The number of aromatic nitrogens is 2. The van der Waals surface area contributed by atoms with E-state index < -0.39 is 0 Å². The molecule has 1 heterocycles. The zero-order valence-electron chi connectivity index (χ0n) is 11.7. The summed E-state index contributed by atoms with van der Waals surface area (Å²) >= 11 is 0. The van der Waals surface area contributed by atoms with Crippen LogP contribution in [0.4, 0.5) is 5.69 Å². The van der Waals surface area contributed by atoms with Crippen LogP contribution in [-0.4, -0.2) is 9.78 Å². The van der Waals surface area contributed by atoms with Crippen LogP contribution < -0.4 is 5.73 Å². The Labute approximate surface area is 118 Å². The first-order chi connectivity index (χ1) is 9.63. The van der Waals surface area contributed by atoms with Crippen molar-refractivity contribution in [2.24, 2.45) is 0 Å². The fourth-order valence-corrected chi connectivity index (χ4v) is 2.29. The molecule has 2 N–H and O–H groups in total. The SMILES string of the molecule is Cc1ccc(-n2nc(C)cc2-c2cccc(N)c2)cc1. The van der Waals surface area contributed by atoms with Gasteiger partial charge in [-0.1, -0.05) is 29.8 Å². The lowest BCUT2D eigenvalue weighted by Gasteiger charge is -2.08. The third-order valence-electron chi connectivity index (χ3n) is 3.29.